The maximum atomic E-state index is 12.0. The Kier molecular flexibility index (Phi) is 9.76. The summed E-state index contributed by atoms with van der Waals surface area (Å²) in [6, 6.07) is 0.108. The summed E-state index contributed by atoms with van der Waals surface area (Å²) < 4.78 is 5.29. The van der Waals surface area contributed by atoms with Crippen LogP contribution in [-0.2, 0) is 9.53 Å². The van der Waals surface area contributed by atoms with E-state index in [0.717, 1.165) is 39.1 Å². The third-order valence-corrected chi connectivity index (χ3v) is 4.26. The molecule has 2 saturated heterocycles. The third-order valence-electron chi connectivity index (χ3n) is 4.26. The van der Waals surface area contributed by atoms with Crippen LogP contribution in [0, 0.1) is 5.92 Å². The van der Waals surface area contributed by atoms with E-state index in [1.165, 1.54) is 12.8 Å². The van der Waals surface area contributed by atoms with Crippen LogP contribution < -0.4 is 11.1 Å². The van der Waals surface area contributed by atoms with E-state index >= 15 is 0 Å². The van der Waals surface area contributed by atoms with Crippen molar-refractivity contribution in [1.29, 1.82) is 0 Å². The minimum absolute atomic E-state index is 0. The van der Waals surface area contributed by atoms with Gasteiger partial charge in [-0.2, -0.15) is 0 Å². The van der Waals surface area contributed by atoms with Gasteiger partial charge in [0, 0.05) is 25.8 Å². The highest BCUT2D eigenvalue weighted by Gasteiger charge is 2.28. The first-order valence-electron chi connectivity index (χ1n) is 7.00. The number of hydrogen-bond acceptors (Lipinski definition) is 4. The Morgan fingerprint density at radius 1 is 1.35 bits per heavy atom. The zero-order valence-corrected chi connectivity index (χ0v) is 13.7. The molecule has 2 atom stereocenters. The molecule has 3 N–H and O–H groups in total. The summed E-state index contributed by atoms with van der Waals surface area (Å²) >= 11 is 0. The number of nitrogens with two attached hydrogens (primary N) is 1. The second kappa shape index (κ2) is 9.79. The molecule has 120 valence electrons. The van der Waals surface area contributed by atoms with E-state index in [0.29, 0.717) is 6.04 Å². The number of ether oxygens (including phenoxy) is 1. The molecule has 0 bridgehead atoms. The molecule has 0 saturated carbocycles. The molecule has 2 aliphatic heterocycles. The molecule has 1 amide bonds. The fourth-order valence-electron chi connectivity index (χ4n) is 2.86. The summed E-state index contributed by atoms with van der Waals surface area (Å²) in [6.07, 6.45) is 4.20. The van der Waals surface area contributed by atoms with E-state index in [4.69, 9.17) is 10.5 Å². The van der Waals surface area contributed by atoms with Crippen LogP contribution in [0.1, 0.15) is 25.7 Å². The van der Waals surface area contributed by atoms with Crippen molar-refractivity contribution in [3.8, 4) is 0 Å². The zero-order valence-electron chi connectivity index (χ0n) is 12.0. The van der Waals surface area contributed by atoms with Gasteiger partial charge in [-0.25, -0.2) is 0 Å². The molecule has 7 heteroatoms. The molecule has 2 unspecified atom stereocenters. The van der Waals surface area contributed by atoms with E-state index < -0.39 is 0 Å². The van der Waals surface area contributed by atoms with E-state index in [-0.39, 0.29) is 42.7 Å². The summed E-state index contributed by atoms with van der Waals surface area (Å²) in [5, 5.41) is 3.01. The lowest BCUT2D eigenvalue weighted by Crippen LogP contribution is -2.49. The Balaban J connectivity index is 0.00000180. The number of hydrogen-bond donors (Lipinski definition) is 2. The highest BCUT2D eigenvalue weighted by atomic mass is 35.5. The molecule has 0 aromatic rings. The number of carbonyl (C=O) groups excluding carboxylic acids is 1. The van der Waals surface area contributed by atoms with Crippen LogP contribution in [-0.4, -0.2) is 56.2 Å². The van der Waals surface area contributed by atoms with Gasteiger partial charge < -0.3 is 20.7 Å². The molecule has 0 radical (unpaired) electrons. The number of nitrogens with zero attached hydrogens (tertiary/aromatic N) is 1. The van der Waals surface area contributed by atoms with Crippen LogP contribution in [0.25, 0.3) is 0 Å². The van der Waals surface area contributed by atoms with Crippen LogP contribution >= 0.6 is 24.8 Å². The number of rotatable bonds is 4. The van der Waals surface area contributed by atoms with Gasteiger partial charge in [-0.15, -0.1) is 24.8 Å². The Morgan fingerprint density at radius 2 is 2.00 bits per heavy atom. The first kappa shape index (κ1) is 19.9. The van der Waals surface area contributed by atoms with Crippen molar-refractivity contribution < 1.29 is 9.53 Å². The molecular weight excluding hydrogens is 301 g/mol. The number of likely N-dealkylation sites (tertiary alicyclic amines) is 1. The van der Waals surface area contributed by atoms with Gasteiger partial charge in [0.25, 0.3) is 0 Å². The SMILES string of the molecule is CN1CCCC1CNC(=O)C(N)C1CCOCC1.Cl.Cl. The normalized spacial score (nSPS) is 25.4. The molecule has 2 rings (SSSR count). The minimum atomic E-state index is -0.374. The highest BCUT2D eigenvalue weighted by molar-refractivity contribution is 5.85. The van der Waals surface area contributed by atoms with Gasteiger partial charge in [0.15, 0.2) is 0 Å². The summed E-state index contributed by atoms with van der Waals surface area (Å²) in [5.74, 6) is 0.280. The van der Waals surface area contributed by atoms with Crippen molar-refractivity contribution in [3.05, 3.63) is 0 Å². The van der Waals surface area contributed by atoms with Gasteiger partial charge >= 0.3 is 0 Å². The molecule has 0 spiro atoms. The second-order valence-corrected chi connectivity index (χ2v) is 5.50. The first-order valence-corrected chi connectivity index (χ1v) is 7.00. The Labute approximate surface area is 133 Å². The number of nitrogens with one attached hydrogen (secondary N) is 1. The Bertz CT molecular complexity index is 289. The predicted molar refractivity (Wildman–Crippen MR) is 84.7 cm³/mol. The van der Waals surface area contributed by atoms with Gasteiger partial charge in [0.05, 0.1) is 6.04 Å². The van der Waals surface area contributed by atoms with E-state index in [1.54, 1.807) is 0 Å². The molecule has 20 heavy (non-hydrogen) atoms. The quantitative estimate of drug-likeness (QED) is 0.801. The molecule has 2 heterocycles. The first-order chi connectivity index (χ1) is 8.68. The lowest BCUT2D eigenvalue weighted by Gasteiger charge is -2.27. The lowest BCUT2D eigenvalue weighted by molar-refractivity contribution is -0.124. The molecule has 5 nitrogen and oxygen atoms in total. The number of likely N-dealkylation sites (N-methyl/N-ethyl adjacent to an activating group) is 1. The van der Waals surface area contributed by atoms with Crippen molar-refractivity contribution in [2.24, 2.45) is 11.7 Å². The fraction of sp³-hybridized carbons (Fsp3) is 0.923. The van der Waals surface area contributed by atoms with E-state index in [1.807, 2.05) is 0 Å². The predicted octanol–water partition coefficient (Wildman–Crippen LogP) is 0.794. The topological polar surface area (TPSA) is 67.6 Å². The fourth-order valence-corrected chi connectivity index (χ4v) is 2.86. The van der Waals surface area contributed by atoms with Crippen LogP contribution in [0.15, 0.2) is 0 Å². The van der Waals surface area contributed by atoms with Crippen LogP contribution in [0.3, 0.4) is 0 Å². The van der Waals surface area contributed by atoms with Crippen LogP contribution in [0.5, 0.6) is 0 Å². The molecular formula is C13H27Cl2N3O2. The van der Waals surface area contributed by atoms with Crippen LogP contribution in [0.4, 0.5) is 0 Å². The summed E-state index contributed by atoms with van der Waals surface area (Å²) in [4.78, 5) is 14.3. The number of halogens is 2. The molecule has 2 fully saturated rings. The smallest absolute Gasteiger partial charge is 0.237 e. The maximum Gasteiger partial charge on any atom is 0.237 e. The lowest BCUT2D eigenvalue weighted by atomic mass is 9.92. The summed E-state index contributed by atoms with van der Waals surface area (Å²) in [5.41, 5.74) is 6.03. The summed E-state index contributed by atoms with van der Waals surface area (Å²) in [7, 11) is 2.11. The van der Waals surface area contributed by atoms with Crippen molar-refractivity contribution in [3.63, 3.8) is 0 Å². The molecule has 0 aromatic carbocycles. The van der Waals surface area contributed by atoms with Crippen LogP contribution in [0.2, 0.25) is 0 Å². The average molecular weight is 328 g/mol. The second-order valence-electron chi connectivity index (χ2n) is 5.50. The molecule has 2 aliphatic rings. The van der Waals surface area contributed by atoms with Gasteiger partial charge in [-0.3, -0.25) is 4.79 Å². The summed E-state index contributed by atoms with van der Waals surface area (Å²) in [6.45, 7) is 3.33. The zero-order chi connectivity index (χ0) is 13.0. The maximum absolute atomic E-state index is 12.0. The van der Waals surface area contributed by atoms with Crippen molar-refractivity contribution in [2.75, 3.05) is 33.4 Å². The Morgan fingerprint density at radius 3 is 2.55 bits per heavy atom. The van der Waals surface area contributed by atoms with E-state index in [9.17, 15) is 4.79 Å². The van der Waals surface area contributed by atoms with Crippen molar-refractivity contribution in [1.82, 2.24) is 10.2 Å². The molecule has 0 aromatic heterocycles. The number of amides is 1. The van der Waals surface area contributed by atoms with Gasteiger partial charge in [0.1, 0.15) is 0 Å². The van der Waals surface area contributed by atoms with E-state index in [2.05, 4.69) is 17.3 Å². The van der Waals surface area contributed by atoms with Crippen molar-refractivity contribution >= 4 is 30.7 Å². The van der Waals surface area contributed by atoms with Gasteiger partial charge in [-0.1, -0.05) is 0 Å². The standard InChI is InChI=1S/C13H25N3O2.2ClH/c1-16-6-2-3-11(16)9-15-13(17)12(14)10-4-7-18-8-5-10;;/h10-12H,2-9,14H2,1H3,(H,15,17);2*1H. The highest BCUT2D eigenvalue weighted by Crippen LogP contribution is 2.18. The molecule has 0 aliphatic carbocycles. The minimum Gasteiger partial charge on any atom is -0.381 e. The monoisotopic (exact) mass is 327 g/mol. The largest absolute Gasteiger partial charge is 0.381 e. The van der Waals surface area contributed by atoms with Gasteiger partial charge in [0.2, 0.25) is 5.91 Å². The third kappa shape index (κ3) is 5.37. The average Bonchev–Trinajstić information content (AvgIpc) is 2.81. The Hall–Kier alpha value is -0.0700. The van der Waals surface area contributed by atoms with Crippen molar-refractivity contribution in [2.45, 2.75) is 37.8 Å². The van der Waals surface area contributed by atoms with Gasteiger partial charge in [-0.05, 0) is 45.2 Å². The number of carbonyl (C=O) groups is 1.